The lowest BCUT2D eigenvalue weighted by Gasteiger charge is -2.13. The van der Waals surface area contributed by atoms with Crippen LogP contribution >= 0.6 is 11.6 Å². The maximum Gasteiger partial charge on any atom is 0.325 e. The van der Waals surface area contributed by atoms with Crippen LogP contribution in [-0.4, -0.2) is 26.2 Å². The summed E-state index contributed by atoms with van der Waals surface area (Å²) in [5.74, 6) is 0.116. The first-order chi connectivity index (χ1) is 16.3. The van der Waals surface area contributed by atoms with E-state index >= 15 is 0 Å². The Morgan fingerprint density at radius 1 is 0.853 bits per heavy atom. The topological polar surface area (TPSA) is 82.0 Å². The number of nitrogens with zero attached hydrogens (tertiary/aromatic N) is 1. The molecule has 0 N–H and O–H groups in total. The Bertz CT molecular complexity index is 1470. The van der Waals surface area contributed by atoms with Crippen molar-refractivity contribution in [2.75, 3.05) is 6.26 Å². The fourth-order valence-corrected chi connectivity index (χ4v) is 3.73. The summed E-state index contributed by atoms with van der Waals surface area (Å²) in [7, 11) is -3.92. The van der Waals surface area contributed by atoms with Gasteiger partial charge in [-0.2, -0.15) is 8.42 Å². The summed E-state index contributed by atoms with van der Waals surface area (Å²) < 4.78 is 33.7. The molecule has 34 heavy (non-hydrogen) atoms. The largest absolute Gasteiger partial charge is 0.488 e. The van der Waals surface area contributed by atoms with Crippen LogP contribution < -0.4 is 4.74 Å². The quantitative estimate of drug-likeness (QED) is 0.180. The minimum absolute atomic E-state index is 0.162. The molecule has 0 amide bonds. The maximum absolute atomic E-state index is 13.6. The molecule has 4 aromatic carbocycles. The lowest BCUT2D eigenvalue weighted by Crippen LogP contribution is -2.18. The summed E-state index contributed by atoms with van der Waals surface area (Å²) in [5.41, 5.74) is 1.55. The second kappa shape index (κ2) is 10.1. The van der Waals surface area contributed by atoms with Crippen molar-refractivity contribution in [1.29, 1.82) is 0 Å². The third kappa shape index (κ3) is 5.62. The number of fused-ring (bicyclic) bond motifs is 1. The van der Waals surface area contributed by atoms with Gasteiger partial charge in [-0.15, -0.1) is 0 Å². The molecule has 0 spiro atoms. The highest BCUT2D eigenvalue weighted by atomic mass is 35.5. The zero-order valence-corrected chi connectivity index (χ0v) is 19.7. The molecule has 4 aromatic rings. The number of carbonyl (C=O) groups is 1. The van der Waals surface area contributed by atoms with Crippen molar-refractivity contribution in [3.63, 3.8) is 0 Å². The average Bonchev–Trinajstić information content (AvgIpc) is 2.83. The summed E-state index contributed by atoms with van der Waals surface area (Å²) in [6.45, 7) is 0.373. The second-order valence-electron chi connectivity index (χ2n) is 7.49. The van der Waals surface area contributed by atoms with E-state index in [0.29, 0.717) is 33.9 Å². The molecule has 0 aliphatic heterocycles. The van der Waals surface area contributed by atoms with Gasteiger partial charge in [0.2, 0.25) is 5.78 Å². The van der Waals surface area contributed by atoms with Crippen molar-refractivity contribution in [1.82, 2.24) is 0 Å². The highest BCUT2D eigenvalue weighted by Crippen LogP contribution is 2.30. The monoisotopic (exact) mass is 493 g/mol. The molecule has 4 rings (SSSR count). The molecule has 172 valence electrons. The van der Waals surface area contributed by atoms with Crippen molar-refractivity contribution >= 4 is 44.0 Å². The molecular formula is C26H20ClNO5S. The van der Waals surface area contributed by atoms with Gasteiger partial charge in [0.05, 0.1) is 6.26 Å². The highest BCUT2D eigenvalue weighted by molar-refractivity contribution is 7.85. The number of rotatable bonds is 8. The first kappa shape index (κ1) is 23.5. The number of hydrogen-bond acceptors (Lipinski definition) is 6. The zero-order chi connectivity index (χ0) is 24.1. The fraction of sp³-hybridized carbons (Fsp3) is 0.0769. The minimum Gasteiger partial charge on any atom is -0.488 e. The molecule has 0 fully saturated rings. The molecule has 0 radical (unpaired) electrons. The van der Waals surface area contributed by atoms with Gasteiger partial charge < -0.3 is 4.74 Å². The lowest BCUT2D eigenvalue weighted by molar-refractivity contribution is 0.106. The average molecular weight is 494 g/mol. The lowest BCUT2D eigenvalue weighted by atomic mass is 9.95. The van der Waals surface area contributed by atoms with E-state index in [1.165, 1.54) is 0 Å². The Morgan fingerprint density at radius 2 is 1.50 bits per heavy atom. The van der Waals surface area contributed by atoms with Gasteiger partial charge in [-0.3, -0.25) is 9.08 Å². The van der Waals surface area contributed by atoms with Crippen molar-refractivity contribution in [3.05, 3.63) is 113 Å². The van der Waals surface area contributed by atoms with Crippen LogP contribution in [0.1, 0.15) is 21.5 Å². The Hall–Kier alpha value is -3.68. The number of hydrogen-bond donors (Lipinski definition) is 0. The molecule has 0 bridgehead atoms. The Balaban J connectivity index is 1.75. The molecule has 0 heterocycles. The van der Waals surface area contributed by atoms with Crippen LogP contribution in [0.2, 0.25) is 5.02 Å². The fourth-order valence-electron chi connectivity index (χ4n) is 3.40. The van der Waals surface area contributed by atoms with Gasteiger partial charge in [0.1, 0.15) is 12.4 Å². The van der Waals surface area contributed by atoms with E-state index in [1.54, 1.807) is 42.5 Å². The first-order valence-electron chi connectivity index (χ1n) is 10.3. The van der Waals surface area contributed by atoms with Gasteiger partial charge in [0, 0.05) is 21.5 Å². The molecule has 0 aliphatic carbocycles. The van der Waals surface area contributed by atoms with Gasteiger partial charge in [0.15, 0.2) is 5.71 Å². The predicted molar refractivity (Wildman–Crippen MR) is 133 cm³/mol. The Kier molecular flexibility index (Phi) is 6.95. The number of ketones is 1. The molecule has 8 heteroatoms. The number of benzene rings is 4. The molecule has 6 nitrogen and oxygen atoms in total. The van der Waals surface area contributed by atoms with Gasteiger partial charge in [-0.25, -0.2) is 0 Å². The number of ether oxygens (including phenoxy) is 1. The predicted octanol–water partition coefficient (Wildman–Crippen LogP) is 5.64. The van der Waals surface area contributed by atoms with Crippen LogP contribution in [0.15, 0.2) is 96.2 Å². The number of Topliss-reactive ketones (excluding diaryl/α,β-unsaturated/α-hetero) is 1. The minimum atomic E-state index is -3.92. The van der Waals surface area contributed by atoms with E-state index in [0.717, 1.165) is 17.2 Å². The summed E-state index contributed by atoms with van der Waals surface area (Å²) in [5, 5.41) is 5.52. The van der Waals surface area contributed by atoms with Crippen LogP contribution in [0.5, 0.6) is 5.75 Å². The van der Waals surface area contributed by atoms with Gasteiger partial charge in [-0.05, 0) is 35.2 Å². The standard InChI is InChI=1S/C26H20ClNO5S/c1-34(30,31)33-28-25(19-11-13-20(27)14-12-19)26(29)23-15-16-24(22-10-6-5-9-21(22)23)32-17-18-7-3-2-4-8-18/h2-16H,17H2,1H3/b28-25+. The van der Waals surface area contributed by atoms with Crippen LogP contribution in [0.4, 0.5) is 0 Å². The van der Waals surface area contributed by atoms with Gasteiger partial charge >= 0.3 is 10.1 Å². The number of halogens is 1. The maximum atomic E-state index is 13.6. The van der Waals surface area contributed by atoms with Gasteiger partial charge in [-0.1, -0.05) is 83.5 Å². The van der Waals surface area contributed by atoms with E-state index in [-0.39, 0.29) is 5.71 Å². The van der Waals surface area contributed by atoms with Crippen molar-refractivity contribution in [3.8, 4) is 5.75 Å². The summed E-state index contributed by atoms with van der Waals surface area (Å²) >= 11 is 5.97. The SMILES string of the molecule is CS(=O)(=O)O/N=C(/C(=O)c1ccc(OCc2ccccc2)c2ccccc12)c1ccc(Cl)cc1. The molecule has 0 saturated heterocycles. The van der Waals surface area contributed by atoms with E-state index in [2.05, 4.69) is 9.44 Å². The molecule has 0 atom stereocenters. The number of carbonyl (C=O) groups excluding carboxylic acids is 1. The first-order valence-corrected chi connectivity index (χ1v) is 12.5. The Morgan fingerprint density at radius 3 is 2.18 bits per heavy atom. The number of oxime groups is 1. The molecule has 0 aliphatic rings. The van der Waals surface area contributed by atoms with Crippen LogP contribution in [0.3, 0.4) is 0 Å². The Labute approximate surface area is 202 Å². The molecule has 0 unspecified atom stereocenters. The second-order valence-corrected chi connectivity index (χ2v) is 9.48. The van der Waals surface area contributed by atoms with Crippen LogP contribution in [-0.2, 0) is 21.0 Å². The summed E-state index contributed by atoms with van der Waals surface area (Å²) in [6, 6.07) is 26.7. The van der Waals surface area contributed by atoms with Crippen molar-refractivity contribution in [2.45, 2.75) is 6.61 Å². The van der Waals surface area contributed by atoms with E-state index in [1.807, 2.05) is 48.5 Å². The zero-order valence-electron chi connectivity index (χ0n) is 18.1. The van der Waals surface area contributed by atoms with E-state index in [9.17, 15) is 13.2 Å². The van der Waals surface area contributed by atoms with Gasteiger partial charge in [0.25, 0.3) is 0 Å². The molecular weight excluding hydrogens is 474 g/mol. The third-order valence-electron chi connectivity index (χ3n) is 4.96. The van der Waals surface area contributed by atoms with Crippen LogP contribution in [0, 0.1) is 0 Å². The summed E-state index contributed by atoms with van der Waals surface area (Å²) in [6.07, 6.45) is 0.856. The van der Waals surface area contributed by atoms with Crippen molar-refractivity contribution in [2.24, 2.45) is 5.16 Å². The van der Waals surface area contributed by atoms with Crippen LogP contribution in [0.25, 0.3) is 10.8 Å². The normalized spacial score (nSPS) is 11.9. The smallest absolute Gasteiger partial charge is 0.325 e. The summed E-state index contributed by atoms with van der Waals surface area (Å²) in [4.78, 5) is 13.6. The molecule has 0 saturated carbocycles. The molecule has 0 aromatic heterocycles. The third-order valence-corrected chi connectivity index (χ3v) is 5.56. The van der Waals surface area contributed by atoms with Crippen molar-refractivity contribution < 1.29 is 22.2 Å². The van der Waals surface area contributed by atoms with E-state index in [4.69, 9.17) is 16.3 Å². The van der Waals surface area contributed by atoms with E-state index < -0.39 is 15.9 Å². The highest BCUT2D eigenvalue weighted by Gasteiger charge is 2.22.